The second-order valence-electron chi connectivity index (χ2n) is 4.36. The number of pyridine rings is 1. The second-order valence-corrected chi connectivity index (χ2v) is 5.34. The highest BCUT2D eigenvalue weighted by Gasteiger charge is 2.18. The van der Waals surface area contributed by atoms with Gasteiger partial charge in [0.2, 0.25) is 0 Å². The van der Waals surface area contributed by atoms with Crippen LogP contribution in [0, 0.1) is 6.92 Å². The Balaban J connectivity index is 2.20. The SMILES string of the molecule is Cc1ccc(C(Br)C(C)c2ccccn2)cc1. The zero-order valence-corrected chi connectivity index (χ0v) is 11.7. The number of rotatable bonds is 3. The van der Waals surface area contributed by atoms with Gasteiger partial charge in [-0.1, -0.05) is 58.7 Å². The average molecular weight is 290 g/mol. The standard InChI is InChI=1S/C15H16BrN/c1-11-6-8-13(9-7-11)15(16)12(2)14-5-3-4-10-17-14/h3-10,12,15H,1-2H3. The van der Waals surface area contributed by atoms with E-state index in [1.165, 1.54) is 11.1 Å². The van der Waals surface area contributed by atoms with E-state index in [9.17, 15) is 0 Å². The largest absolute Gasteiger partial charge is 0.261 e. The molecule has 0 radical (unpaired) electrons. The first-order valence-electron chi connectivity index (χ1n) is 5.80. The van der Waals surface area contributed by atoms with Crippen LogP contribution < -0.4 is 0 Å². The molecule has 88 valence electrons. The summed E-state index contributed by atoms with van der Waals surface area (Å²) >= 11 is 3.77. The summed E-state index contributed by atoms with van der Waals surface area (Å²) in [4.78, 5) is 4.72. The van der Waals surface area contributed by atoms with Gasteiger partial charge in [-0.05, 0) is 24.6 Å². The molecule has 0 fully saturated rings. The van der Waals surface area contributed by atoms with Gasteiger partial charge in [-0.25, -0.2) is 0 Å². The summed E-state index contributed by atoms with van der Waals surface area (Å²) in [7, 11) is 0. The molecule has 0 amide bonds. The van der Waals surface area contributed by atoms with Crippen molar-refractivity contribution in [2.75, 3.05) is 0 Å². The maximum atomic E-state index is 4.41. The zero-order chi connectivity index (χ0) is 12.3. The van der Waals surface area contributed by atoms with Crippen LogP contribution in [0.2, 0.25) is 0 Å². The van der Waals surface area contributed by atoms with Crippen molar-refractivity contribution in [2.24, 2.45) is 0 Å². The normalized spacial score (nSPS) is 14.3. The molecule has 2 atom stereocenters. The quantitative estimate of drug-likeness (QED) is 0.751. The maximum Gasteiger partial charge on any atom is 0.0476 e. The third kappa shape index (κ3) is 2.95. The number of halogens is 1. The van der Waals surface area contributed by atoms with Crippen LogP contribution in [0.1, 0.15) is 34.5 Å². The fourth-order valence-electron chi connectivity index (χ4n) is 1.83. The molecule has 0 spiro atoms. The number of aryl methyl sites for hydroxylation is 1. The number of aromatic nitrogens is 1. The molecule has 2 heteroatoms. The fourth-order valence-corrected chi connectivity index (χ4v) is 2.41. The minimum absolute atomic E-state index is 0.304. The lowest BCUT2D eigenvalue weighted by Crippen LogP contribution is -2.03. The van der Waals surface area contributed by atoms with Crippen LogP contribution in [-0.4, -0.2) is 4.98 Å². The highest BCUT2D eigenvalue weighted by atomic mass is 79.9. The van der Waals surface area contributed by atoms with E-state index in [1.807, 2.05) is 18.3 Å². The molecule has 0 bridgehead atoms. The summed E-state index contributed by atoms with van der Waals surface area (Å²) in [6.07, 6.45) is 1.85. The Labute approximate surface area is 111 Å². The van der Waals surface area contributed by atoms with Crippen molar-refractivity contribution in [1.29, 1.82) is 0 Å². The predicted octanol–water partition coefficient (Wildman–Crippen LogP) is 4.63. The van der Waals surface area contributed by atoms with E-state index >= 15 is 0 Å². The highest BCUT2D eigenvalue weighted by molar-refractivity contribution is 9.09. The summed E-state index contributed by atoms with van der Waals surface area (Å²) in [6.45, 7) is 4.30. The van der Waals surface area contributed by atoms with Gasteiger partial charge in [-0.15, -0.1) is 0 Å². The molecule has 1 aromatic heterocycles. The van der Waals surface area contributed by atoms with Gasteiger partial charge < -0.3 is 0 Å². The van der Waals surface area contributed by atoms with Crippen LogP contribution >= 0.6 is 15.9 Å². The van der Waals surface area contributed by atoms with Crippen LogP contribution in [-0.2, 0) is 0 Å². The van der Waals surface area contributed by atoms with Crippen molar-refractivity contribution in [3.05, 3.63) is 65.5 Å². The minimum atomic E-state index is 0.304. The molecule has 1 nitrogen and oxygen atoms in total. The van der Waals surface area contributed by atoms with Crippen LogP contribution in [0.5, 0.6) is 0 Å². The second kappa shape index (κ2) is 5.46. The first-order valence-corrected chi connectivity index (χ1v) is 6.71. The van der Waals surface area contributed by atoms with E-state index in [-0.39, 0.29) is 0 Å². The van der Waals surface area contributed by atoms with Gasteiger partial charge in [0.25, 0.3) is 0 Å². The van der Waals surface area contributed by atoms with Gasteiger partial charge in [0.05, 0.1) is 0 Å². The number of benzene rings is 1. The lowest BCUT2D eigenvalue weighted by molar-refractivity contribution is 0.724. The van der Waals surface area contributed by atoms with Crippen molar-refractivity contribution in [2.45, 2.75) is 24.6 Å². The number of nitrogens with zero attached hydrogens (tertiary/aromatic N) is 1. The van der Waals surface area contributed by atoms with Gasteiger partial charge >= 0.3 is 0 Å². The Hall–Kier alpha value is -1.15. The Morgan fingerprint density at radius 3 is 2.35 bits per heavy atom. The van der Waals surface area contributed by atoms with Gasteiger partial charge in [0.15, 0.2) is 0 Å². The summed E-state index contributed by atoms with van der Waals surface area (Å²) in [5.74, 6) is 0.360. The molecule has 0 saturated heterocycles. The molecule has 1 heterocycles. The van der Waals surface area contributed by atoms with Gasteiger partial charge in [0, 0.05) is 22.6 Å². The molecular formula is C15H16BrN. The Morgan fingerprint density at radius 2 is 1.76 bits per heavy atom. The Bertz CT molecular complexity index is 464. The first-order chi connectivity index (χ1) is 8.18. The monoisotopic (exact) mass is 289 g/mol. The minimum Gasteiger partial charge on any atom is -0.261 e. The van der Waals surface area contributed by atoms with E-state index < -0.39 is 0 Å². The smallest absolute Gasteiger partial charge is 0.0476 e. The zero-order valence-electron chi connectivity index (χ0n) is 10.1. The van der Waals surface area contributed by atoms with Crippen molar-refractivity contribution in [3.63, 3.8) is 0 Å². The highest BCUT2D eigenvalue weighted by Crippen LogP contribution is 2.36. The number of hydrogen-bond acceptors (Lipinski definition) is 1. The molecule has 1 aromatic carbocycles. The Morgan fingerprint density at radius 1 is 1.06 bits per heavy atom. The van der Waals surface area contributed by atoms with Crippen LogP contribution in [0.15, 0.2) is 48.7 Å². The molecule has 2 rings (SSSR count). The van der Waals surface area contributed by atoms with Gasteiger partial charge in [0.1, 0.15) is 0 Å². The van der Waals surface area contributed by atoms with Crippen LogP contribution in [0.25, 0.3) is 0 Å². The lowest BCUT2D eigenvalue weighted by atomic mass is 9.97. The average Bonchev–Trinajstić information content (AvgIpc) is 2.39. The van der Waals surface area contributed by atoms with E-state index in [4.69, 9.17) is 0 Å². The van der Waals surface area contributed by atoms with E-state index in [2.05, 4.69) is 65.1 Å². The van der Waals surface area contributed by atoms with Crippen LogP contribution in [0.3, 0.4) is 0 Å². The summed E-state index contributed by atoms with van der Waals surface area (Å²) in [5, 5.41) is 0. The molecular weight excluding hydrogens is 274 g/mol. The molecule has 0 saturated carbocycles. The molecule has 0 aliphatic heterocycles. The number of alkyl halides is 1. The topological polar surface area (TPSA) is 12.9 Å². The molecule has 0 aliphatic carbocycles. The third-order valence-electron chi connectivity index (χ3n) is 2.99. The fraction of sp³-hybridized carbons (Fsp3) is 0.267. The van der Waals surface area contributed by atoms with E-state index in [1.54, 1.807) is 0 Å². The van der Waals surface area contributed by atoms with Gasteiger partial charge in [-0.2, -0.15) is 0 Å². The van der Waals surface area contributed by atoms with Crippen molar-refractivity contribution < 1.29 is 0 Å². The van der Waals surface area contributed by atoms with Crippen molar-refractivity contribution >= 4 is 15.9 Å². The molecule has 2 aromatic rings. The van der Waals surface area contributed by atoms with Crippen molar-refractivity contribution in [3.8, 4) is 0 Å². The van der Waals surface area contributed by atoms with E-state index in [0.717, 1.165) is 5.69 Å². The third-order valence-corrected chi connectivity index (χ3v) is 4.31. The van der Waals surface area contributed by atoms with Crippen molar-refractivity contribution in [1.82, 2.24) is 4.98 Å². The lowest BCUT2D eigenvalue weighted by Gasteiger charge is -2.18. The predicted molar refractivity (Wildman–Crippen MR) is 75.5 cm³/mol. The molecule has 2 unspecified atom stereocenters. The molecule has 0 aliphatic rings. The summed E-state index contributed by atoms with van der Waals surface area (Å²) in [6, 6.07) is 14.7. The summed E-state index contributed by atoms with van der Waals surface area (Å²) in [5.41, 5.74) is 3.71. The van der Waals surface area contributed by atoms with Gasteiger partial charge in [-0.3, -0.25) is 4.98 Å². The Kier molecular flexibility index (Phi) is 3.95. The van der Waals surface area contributed by atoms with E-state index in [0.29, 0.717) is 10.7 Å². The first kappa shape index (κ1) is 12.3. The number of hydrogen-bond donors (Lipinski definition) is 0. The maximum absolute atomic E-state index is 4.41. The summed E-state index contributed by atoms with van der Waals surface area (Å²) < 4.78 is 0. The van der Waals surface area contributed by atoms with Crippen LogP contribution in [0.4, 0.5) is 0 Å². The molecule has 17 heavy (non-hydrogen) atoms. The molecule has 0 N–H and O–H groups in total.